The smallest absolute Gasteiger partial charge is 0.257 e. The van der Waals surface area contributed by atoms with E-state index in [1.54, 1.807) is 10.9 Å². The summed E-state index contributed by atoms with van der Waals surface area (Å²) in [5.74, 6) is 0.105. The molecule has 2 heterocycles. The highest BCUT2D eigenvalue weighted by atomic mass is 16.2. The van der Waals surface area contributed by atoms with E-state index >= 15 is 0 Å². The molecular weight excluding hydrogens is 300 g/mol. The third-order valence-corrected chi connectivity index (χ3v) is 4.83. The Kier molecular flexibility index (Phi) is 5.30. The molecule has 0 atom stereocenters. The van der Waals surface area contributed by atoms with Crippen LogP contribution in [0.1, 0.15) is 28.8 Å². The predicted octanol–water partition coefficient (Wildman–Crippen LogP) is 2.20. The normalized spacial score (nSPS) is 16.2. The monoisotopic (exact) mass is 326 g/mol. The fourth-order valence-electron chi connectivity index (χ4n) is 3.35. The number of aromatic nitrogens is 2. The Morgan fingerprint density at radius 2 is 1.92 bits per heavy atom. The maximum Gasteiger partial charge on any atom is 0.257 e. The molecule has 0 aliphatic carbocycles. The molecule has 1 amide bonds. The highest BCUT2D eigenvalue weighted by Crippen LogP contribution is 2.19. The highest BCUT2D eigenvalue weighted by Gasteiger charge is 2.28. The summed E-state index contributed by atoms with van der Waals surface area (Å²) >= 11 is 0. The van der Waals surface area contributed by atoms with Crippen molar-refractivity contribution in [3.8, 4) is 0 Å². The lowest BCUT2D eigenvalue weighted by atomic mass is 10.0. The van der Waals surface area contributed by atoms with Crippen LogP contribution in [0, 0.1) is 0 Å². The quantitative estimate of drug-likeness (QED) is 0.846. The first-order chi connectivity index (χ1) is 11.6. The molecule has 0 radical (unpaired) electrons. The van der Waals surface area contributed by atoms with Crippen molar-refractivity contribution in [2.75, 3.05) is 26.7 Å². The van der Waals surface area contributed by atoms with E-state index in [2.05, 4.69) is 46.2 Å². The van der Waals surface area contributed by atoms with Gasteiger partial charge in [-0.15, -0.1) is 0 Å². The molecule has 5 heteroatoms. The van der Waals surface area contributed by atoms with Crippen LogP contribution in [0.3, 0.4) is 0 Å². The number of aryl methyl sites for hydroxylation is 1. The van der Waals surface area contributed by atoms with Crippen LogP contribution in [0.25, 0.3) is 0 Å². The van der Waals surface area contributed by atoms with Crippen molar-refractivity contribution in [1.29, 1.82) is 0 Å². The maximum atomic E-state index is 13.0. The SMILES string of the molecule is CN1CCC(N(CCc2ccccc2)C(=O)c2cnn(C)c2)CC1. The van der Waals surface area contributed by atoms with Crippen LogP contribution in [0.4, 0.5) is 0 Å². The van der Waals surface area contributed by atoms with E-state index in [1.165, 1.54) is 5.56 Å². The van der Waals surface area contributed by atoms with E-state index in [0.717, 1.165) is 38.9 Å². The van der Waals surface area contributed by atoms with Gasteiger partial charge in [0.25, 0.3) is 5.91 Å². The average Bonchev–Trinajstić information content (AvgIpc) is 3.04. The number of hydrogen-bond donors (Lipinski definition) is 0. The molecule has 0 N–H and O–H groups in total. The number of nitrogens with zero attached hydrogens (tertiary/aromatic N) is 4. The van der Waals surface area contributed by atoms with Gasteiger partial charge in [-0.1, -0.05) is 30.3 Å². The number of rotatable bonds is 5. The van der Waals surface area contributed by atoms with E-state index in [0.29, 0.717) is 11.6 Å². The first-order valence-corrected chi connectivity index (χ1v) is 8.65. The van der Waals surface area contributed by atoms with Gasteiger partial charge in [-0.05, 0) is 45.0 Å². The molecule has 1 aliphatic rings. The second-order valence-corrected chi connectivity index (χ2v) is 6.67. The van der Waals surface area contributed by atoms with Crippen LogP contribution in [0.5, 0.6) is 0 Å². The second kappa shape index (κ2) is 7.62. The Bertz CT molecular complexity index is 659. The number of piperidine rings is 1. The van der Waals surface area contributed by atoms with Crippen LogP contribution in [-0.2, 0) is 13.5 Å². The molecule has 0 spiro atoms. The molecule has 0 bridgehead atoms. The number of amides is 1. The van der Waals surface area contributed by atoms with Gasteiger partial charge in [-0.2, -0.15) is 5.10 Å². The van der Waals surface area contributed by atoms with Gasteiger partial charge in [0, 0.05) is 25.8 Å². The molecule has 128 valence electrons. The lowest BCUT2D eigenvalue weighted by molar-refractivity contribution is 0.0594. The molecule has 3 rings (SSSR count). The molecule has 2 aromatic rings. The van der Waals surface area contributed by atoms with Crippen molar-refractivity contribution >= 4 is 5.91 Å². The van der Waals surface area contributed by atoms with Gasteiger partial charge in [0.1, 0.15) is 0 Å². The Hall–Kier alpha value is -2.14. The molecular formula is C19H26N4O. The minimum absolute atomic E-state index is 0.105. The Labute approximate surface area is 143 Å². The van der Waals surface area contributed by atoms with Crippen LogP contribution in [-0.4, -0.2) is 58.2 Å². The zero-order valence-electron chi connectivity index (χ0n) is 14.6. The lowest BCUT2D eigenvalue weighted by Gasteiger charge is -2.37. The summed E-state index contributed by atoms with van der Waals surface area (Å²) in [5.41, 5.74) is 1.96. The molecule has 24 heavy (non-hydrogen) atoms. The fraction of sp³-hybridized carbons (Fsp3) is 0.474. The summed E-state index contributed by atoms with van der Waals surface area (Å²) in [6.45, 7) is 2.85. The van der Waals surface area contributed by atoms with Crippen molar-refractivity contribution in [2.45, 2.75) is 25.3 Å². The van der Waals surface area contributed by atoms with E-state index in [9.17, 15) is 4.79 Å². The van der Waals surface area contributed by atoms with Gasteiger partial charge >= 0.3 is 0 Å². The summed E-state index contributed by atoms with van der Waals surface area (Å²) in [6, 6.07) is 10.7. The van der Waals surface area contributed by atoms with Crippen LogP contribution < -0.4 is 0 Å². The van der Waals surface area contributed by atoms with E-state index < -0.39 is 0 Å². The Balaban J connectivity index is 1.74. The molecule has 5 nitrogen and oxygen atoms in total. The van der Waals surface area contributed by atoms with E-state index in [-0.39, 0.29) is 5.91 Å². The summed E-state index contributed by atoms with van der Waals surface area (Å²) in [5, 5.41) is 4.16. The summed E-state index contributed by atoms with van der Waals surface area (Å²) in [6.07, 6.45) is 6.45. The Morgan fingerprint density at radius 3 is 2.54 bits per heavy atom. The maximum absolute atomic E-state index is 13.0. The summed E-state index contributed by atoms with van der Waals surface area (Å²) in [4.78, 5) is 17.4. The summed E-state index contributed by atoms with van der Waals surface area (Å²) < 4.78 is 1.69. The minimum atomic E-state index is 0.105. The average molecular weight is 326 g/mol. The highest BCUT2D eigenvalue weighted by molar-refractivity contribution is 5.94. The molecule has 1 fully saturated rings. The van der Waals surface area contributed by atoms with Crippen molar-refractivity contribution in [3.63, 3.8) is 0 Å². The van der Waals surface area contributed by atoms with Gasteiger partial charge in [0.05, 0.1) is 11.8 Å². The van der Waals surface area contributed by atoms with Crippen molar-refractivity contribution < 1.29 is 4.79 Å². The van der Waals surface area contributed by atoms with Gasteiger partial charge in [0.2, 0.25) is 0 Å². The second-order valence-electron chi connectivity index (χ2n) is 6.67. The van der Waals surface area contributed by atoms with Crippen LogP contribution >= 0.6 is 0 Å². The first-order valence-electron chi connectivity index (χ1n) is 8.65. The molecule has 0 unspecified atom stereocenters. The third-order valence-electron chi connectivity index (χ3n) is 4.83. The number of carbonyl (C=O) groups is 1. The lowest BCUT2D eigenvalue weighted by Crippen LogP contribution is -2.47. The zero-order chi connectivity index (χ0) is 16.9. The van der Waals surface area contributed by atoms with Gasteiger partial charge in [-0.25, -0.2) is 0 Å². The molecule has 1 saturated heterocycles. The van der Waals surface area contributed by atoms with E-state index in [1.807, 2.05) is 19.3 Å². The predicted molar refractivity (Wildman–Crippen MR) is 94.9 cm³/mol. The van der Waals surface area contributed by atoms with Gasteiger partial charge in [0.15, 0.2) is 0 Å². The van der Waals surface area contributed by atoms with E-state index in [4.69, 9.17) is 0 Å². The molecule has 0 saturated carbocycles. The topological polar surface area (TPSA) is 41.4 Å². The third kappa shape index (κ3) is 4.03. The van der Waals surface area contributed by atoms with Crippen molar-refractivity contribution in [1.82, 2.24) is 19.6 Å². The number of likely N-dealkylation sites (tertiary alicyclic amines) is 1. The first kappa shape index (κ1) is 16.7. The largest absolute Gasteiger partial charge is 0.335 e. The molecule has 1 aliphatic heterocycles. The van der Waals surface area contributed by atoms with Crippen LogP contribution in [0.2, 0.25) is 0 Å². The minimum Gasteiger partial charge on any atom is -0.335 e. The van der Waals surface area contributed by atoms with Gasteiger partial charge in [-0.3, -0.25) is 9.48 Å². The number of hydrogen-bond acceptors (Lipinski definition) is 3. The fourth-order valence-corrected chi connectivity index (χ4v) is 3.35. The van der Waals surface area contributed by atoms with Crippen molar-refractivity contribution in [2.24, 2.45) is 7.05 Å². The summed E-state index contributed by atoms with van der Waals surface area (Å²) in [7, 11) is 3.99. The number of carbonyl (C=O) groups excluding carboxylic acids is 1. The molecule has 1 aromatic heterocycles. The molecule has 1 aromatic carbocycles. The Morgan fingerprint density at radius 1 is 1.21 bits per heavy atom. The van der Waals surface area contributed by atoms with Crippen LogP contribution in [0.15, 0.2) is 42.7 Å². The van der Waals surface area contributed by atoms with Crippen molar-refractivity contribution in [3.05, 3.63) is 53.9 Å². The number of benzene rings is 1. The van der Waals surface area contributed by atoms with Gasteiger partial charge < -0.3 is 9.80 Å². The standard InChI is InChI=1S/C19H26N4O/c1-21-11-9-18(10-12-21)23(13-8-16-6-4-3-5-7-16)19(24)17-14-20-22(2)15-17/h3-7,14-15,18H,8-13H2,1-2H3. The zero-order valence-corrected chi connectivity index (χ0v) is 14.6.